The van der Waals surface area contributed by atoms with Crippen LogP contribution in [0.1, 0.15) is 32.8 Å². The predicted molar refractivity (Wildman–Crippen MR) is 101 cm³/mol. The maximum Gasteiger partial charge on any atom is 0.181 e. The average molecular weight is 339 g/mol. The topological polar surface area (TPSA) is 67.3 Å². The second kappa shape index (κ2) is 8.87. The normalized spacial score (nSPS) is 13.6. The Morgan fingerprint density at radius 2 is 1.96 bits per heavy atom. The van der Waals surface area contributed by atoms with E-state index in [9.17, 15) is 5.11 Å². The van der Waals surface area contributed by atoms with E-state index < -0.39 is 0 Å². The summed E-state index contributed by atoms with van der Waals surface area (Å²) < 4.78 is 5.33. The summed E-state index contributed by atoms with van der Waals surface area (Å²) in [6.07, 6.45) is 7.94. The molecule has 2 rings (SSSR count). The number of allylic oxidation sites excluding steroid dienone is 3. The van der Waals surface area contributed by atoms with Gasteiger partial charge in [-0.2, -0.15) is 0 Å². The van der Waals surface area contributed by atoms with E-state index in [1.807, 2.05) is 44.2 Å². The molecule has 2 N–H and O–H groups in total. The summed E-state index contributed by atoms with van der Waals surface area (Å²) in [6.45, 7) is 6.50. The molecule has 0 saturated carbocycles. The molecule has 0 aliphatic heterocycles. The van der Waals surface area contributed by atoms with Crippen LogP contribution in [0.2, 0.25) is 0 Å². The summed E-state index contributed by atoms with van der Waals surface area (Å²) in [6, 6.07) is 5.93. The Labute approximate surface area is 148 Å². The van der Waals surface area contributed by atoms with Gasteiger partial charge in [0.15, 0.2) is 11.5 Å². The predicted octanol–water partition coefficient (Wildman–Crippen LogP) is 4.40. The van der Waals surface area contributed by atoms with Gasteiger partial charge in [-0.25, -0.2) is 0 Å². The zero-order chi connectivity index (χ0) is 18.2. The van der Waals surface area contributed by atoms with E-state index in [2.05, 4.69) is 22.2 Å². The lowest BCUT2D eigenvalue weighted by molar-refractivity contribution is 0.269. The number of hydrogen-bond donors (Lipinski definition) is 2. The van der Waals surface area contributed by atoms with Gasteiger partial charge in [0.2, 0.25) is 0 Å². The highest BCUT2D eigenvalue weighted by atomic mass is 16.5. The van der Waals surface area contributed by atoms with E-state index in [1.165, 1.54) is 0 Å². The fourth-order valence-electron chi connectivity index (χ4n) is 2.32. The minimum absolute atomic E-state index is 0.0957. The highest BCUT2D eigenvalue weighted by Crippen LogP contribution is 2.16. The second-order valence-corrected chi connectivity index (χ2v) is 5.70. The molecule has 5 heteroatoms. The summed E-state index contributed by atoms with van der Waals surface area (Å²) in [5.41, 5.74) is 4.52. The van der Waals surface area contributed by atoms with Crippen molar-refractivity contribution in [2.45, 2.75) is 33.7 Å². The van der Waals surface area contributed by atoms with Gasteiger partial charge in [0.05, 0.1) is 23.8 Å². The van der Waals surface area contributed by atoms with Gasteiger partial charge in [-0.1, -0.05) is 24.6 Å². The highest BCUT2D eigenvalue weighted by molar-refractivity contribution is 5.74. The number of methoxy groups -OCH3 is 1. The quantitative estimate of drug-likeness (QED) is 0.578. The van der Waals surface area contributed by atoms with Gasteiger partial charge in [-0.15, -0.1) is 0 Å². The van der Waals surface area contributed by atoms with Gasteiger partial charge in [0, 0.05) is 18.9 Å². The Morgan fingerprint density at radius 3 is 2.60 bits per heavy atom. The number of nitrogens with one attached hydrogen (secondary N) is 1. The van der Waals surface area contributed by atoms with Crippen molar-refractivity contribution in [1.29, 1.82) is 0 Å². The molecule has 2 aromatic rings. The molecule has 0 bridgehead atoms. The van der Waals surface area contributed by atoms with Gasteiger partial charge in [-0.05, 0) is 44.0 Å². The number of benzene rings is 1. The van der Waals surface area contributed by atoms with Crippen molar-refractivity contribution in [2.75, 3.05) is 7.11 Å². The van der Waals surface area contributed by atoms with E-state index in [0.717, 1.165) is 28.6 Å². The van der Waals surface area contributed by atoms with Crippen LogP contribution in [0.3, 0.4) is 0 Å². The first-order valence-electron chi connectivity index (χ1n) is 8.33. The molecule has 0 fully saturated rings. The van der Waals surface area contributed by atoms with Crippen molar-refractivity contribution in [3.63, 3.8) is 0 Å². The molecule has 0 unspecified atom stereocenters. The molecule has 0 saturated heterocycles. The Hall–Kier alpha value is -2.82. The van der Waals surface area contributed by atoms with Crippen LogP contribution in [0, 0.1) is 0 Å². The van der Waals surface area contributed by atoms with Crippen molar-refractivity contribution < 1.29 is 9.84 Å². The Kier molecular flexibility index (Phi) is 6.57. The van der Waals surface area contributed by atoms with Gasteiger partial charge in [-0.3, -0.25) is 9.97 Å². The molecule has 25 heavy (non-hydrogen) atoms. The number of nitrogens with zero attached hydrogens (tertiary/aromatic N) is 2. The lowest BCUT2D eigenvalue weighted by Gasteiger charge is -2.13. The van der Waals surface area contributed by atoms with Gasteiger partial charge < -0.3 is 15.2 Å². The fourth-order valence-corrected chi connectivity index (χ4v) is 2.32. The summed E-state index contributed by atoms with van der Waals surface area (Å²) in [5, 5.41) is 13.8. The van der Waals surface area contributed by atoms with E-state index in [-0.39, 0.29) is 5.76 Å². The maximum atomic E-state index is 10.5. The van der Waals surface area contributed by atoms with Gasteiger partial charge in [0.1, 0.15) is 0 Å². The maximum absolute atomic E-state index is 10.5. The number of rotatable bonds is 7. The SMILES string of the molecule is C\C=C(NCc1ccc2nccnc2c1)/C(O)=C(\C=C(/C)CC)OC. The van der Waals surface area contributed by atoms with Crippen molar-refractivity contribution in [3.05, 3.63) is 71.1 Å². The fraction of sp³-hybridized carbons (Fsp3) is 0.300. The smallest absolute Gasteiger partial charge is 0.181 e. The number of aliphatic hydroxyl groups excluding tert-OH is 1. The summed E-state index contributed by atoms with van der Waals surface area (Å²) in [7, 11) is 1.56. The molecule has 1 heterocycles. The molecule has 0 aliphatic carbocycles. The number of aliphatic hydroxyl groups is 1. The first-order chi connectivity index (χ1) is 12.1. The van der Waals surface area contributed by atoms with Crippen molar-refractivity contribution in [1.82, 2.24) is 15.3 Å². The van der Waals surface area contributed by atoms with E-state index in [0.29, 0.717) is 18.0 Å². The molecule has 0 spiro atoms. The van der Waals surface area contributed by atoms with Crippen LogP contribution < -0.4 is 5.32 Å². The van der Waals surface area contributed by atoms with Crippen LogP contribution in [0.4, 0.5) is 0 Å². The monoisotopic (exact) mass is 339 g/mol. The van der Waals surface area contributed by atoms with Gasteiger partial charge in [0.25, 0.3) is 0 Å². The molecular weight excluding hydrogens is 314 g/mol. The molecule has 1 aromatic heterocycles. The number of hydrogen-bond acceptors (Lipinski definition) is 5. The molecule has 0 amide bonds. The van der Waals surface area contributed by atoms with Crippen LogP contribution in [0.5, 0.6) is 0 Å². The molecule has 1 aromatic carbocycles. The average Bonchev–Trinajstić information content (AvgIpc) is 2.65. The van der Waals surface area contributed by atoms with E-state index >= 15 is 0 Å². The van der Waals surface area contributed by atoms with Crippen LogP contribution >= 0.6 is 0 Å². The van der Waals surface area contributed by atoms with Gasteiger partial charge >= 0.3 is 0 Å². The first kappa shape index (κ1) is 18.5. The summed E-state index contributed by atoms with van der Waals surface area (Å²) in [5.74, 6) is 0.544. The minimum Gasteiger partial charge on any atom is -0.503 e. The molecule has 0 atom stereocenters. The molecule has 0 radical (unpaired) electrons. The van der Waals surface area contributed by atoms with Crippen molar-refractivity contribution in [2.24, 2.45) is 0 Å². The van der Waals surface area contributed by atoms with Crippen LogP contribution in [-0.4, -0.2) is 22.2 Å². The minimum atomic E-state index is 0.0957. The van der Waals surface area contributed by atoms with Crippen LogP contribution in [0.25, 0.3) is 11.0 Å². The zero-order valence-electron chi connectivity index (χ0n) is 15.2. The third-order valence-electron chi connectivity index (χ3n) is 3.95. The molecule has 5 nitrogen and oxygen atoms in total. The number of aromatic nitrogens is 2. The van der Waals surface area contributed by atoms with E-state index in [1.54, 1.807) is 19.5 Å². The summed E-state index contributed by atoms with van der Waals surface area (Å²) in [4.78, 5) is 8.58. The lowest BCUT2D eigenvalue weighted by Crippen LogP contribution is -2.16. The second-order valence-electron chi connectivity index (χ2n) is 5.70. The van der Waals surface area contributed by atoms with Crippen LogP contribution in [-0.2, 0) is 11.3 Å². The lowest BCUT2D eigenvalue weighted by atomic mass is 10.1. The van der Waals surface area contributed by atoms with Crippen molar-refractivity contribution in [3.8, 4) is 0 Å². The molecule has 0 aliphatic rings. The third kappa shape index (κ3) is 4.83. The van der Waals surface area contributed by atoms with Crippen molar-refractivity contribution >= 4 is 11.0 Å². The van der Waals surface area contributed by atoms with E-state index in [4.69, 9.17) is 4.74 Å². The first-order valence-corrected chi connectivity index (χ1v) is 8.33. The highest BCUT2D eigenvalue weighted by Gasteiger charge is 2.10. The Bertz CT molecular complexity index is 823. The zero-order valence-corrected chi connectivity index (χ0v) is 15.2. The van der Waals surface area contributed by atoms with Crippen LogP contribution in [0.15, 0.2) is 65.5 Å². The number of fused-ring (bicyclic) bond motifs is 1. The Morgan fingerprint density at radius 1 is 1.24 bits per heavy atom. The Balaban J connectivity index is 2.18. The third-order valence-corrected chi connectivity index (χ3v) is 3.95. The standard InChI is InChI=1S/C20H25N3O2/c1-5-14(3)11-19(25-4)20(24)16(6-2)23-13-15-7-8-17-18(12-15)22-10-9-21-17/h6-12,23-24H,5,13H2,1-4H3/b14-11+,16-6+,20-19-. The molecule has 132 valence electrons. The number of ether oxygens (including phenoxy) is 1. The summed E-state index contributed by atoms with van der Waals surface area (Å²) >= 11 is 0. The largest absolute Gasteiger partial charge is 0.503 e. The molecular formula is C20H25N3O2.